The molecule has 0 bridgehead atoms. The van der Waals surface area contributed by atoms with Crippen LogP contribution in [0, 0.1) is 6.92 Å². The average molecular weight is 237 g/mol. The van der Waals surface area contributed by atoms with Gasteiger partial charge in [0.15, 0.2) is 0 Å². The van der Waals surface area contributed by atoms with Crippen LogP contribution in [0.2, 0.25) is 5.02 Å². The van der Waals surface area contributed by atoms with E-state index < -0.39 is 0 Å². The minimum atomic E-state index is -0.284. The molecule has 1 unspecified atom stereocenters. The molecule has 2 heteroatoms. The van der Waals surface area contributed by atoms with Crippen LogP contribution >= 0.6 is 11.6 Å². The molecular weight excluding hydrogens is 220 g/mol. The molecule has 2 rings (SSSR count). The van der Waals surface area contributed by atoms with E-state index >= 15 is 0 Å². The molecule has 1 aliphatic rings. The standard InChI is InChI=1S/C14H17ClO/c1-10-9-11(6-7-12(10)15)14(2)8-4-3-5-13(14)16/h6-7,9H,3-5,8H2,1-2H3. The SMILES string of the molecule is Cc1cc(C2(C)CCCCC2=O)ccc1Cl. The summed E-state index contributed by atoms with van der Waals surface area (Å²) >= 11 is 6.02. The van der Waals surface area contributed by atoms with Crippen molar-refractivity contribution in [1.29, 1.82) is 0 Å². The molecule has 86 valence electrons. The number of rotatable bonds is 1. The van der Waals surface area contributed by atoms with Crippen molar-refractivity contribution in [3.63, 3.8) is 0 Å². The Hall–Kier alpha value is -0.820. The summed E-state index contributed by atoms with van der Waals surface area (Å²) in [5, 5.41) is 0.774. The Morgan fingerprint density at radius 2 is 2.06 bits per heavy atom. The third-order valence-electron chi connectivity index (χ3n) is 3.74. The molecule has 0 spiro atoms. The maximum Gasteiger partial charge on any atom is 0.143 e. The summed E-state index contributed by atoms with van der Waals surface area (Å²) in [5.74, 6) is 0.375. The molecule has 0 N–H and O–H groups in total. The first-order valence-electron chi connectivity index (χ1n) is 5.84. The van der Waals surface area contributed by atoms with E-state index in [0.717, 1.165) is 41.8 Å². The Kier molecular flexibility index (Phi) is 3.07. The second-order valence-electron chi connectivity index (χ2n) is 4.93. The van der Waals surface area contributed by atoms with Gasteiger partial charge in [-0.3, -0.25) is 4.79 Å². The predicted molar refractivity (Wildman–Crippen MR) is 67.0 cm³/mol. The highest BCUT2D eigenvalue weighted by Gasteiger charge is 2.36. The van der Waals surface area contributed by atoms with Crippen LogP contribution in [0.25, 0.3) is 0 Å². The number of halogens is 1. The molecule has 0 saturated heterocycles. The average Bonchev–Trinajstić information content (AvgIpc) is 2.26. The van der Waals surface area contributed by atoms with E-state index in [2.05, 4.69) is 13.0 Å². The van der Waals surface area contributed by atoms with Crippen LogP contribution in [-0.4, -0.2) is 5.78 Å². The van der Waals surface area contributed by atoms with Crippen LogP contribution in [0.15, 0.2) is 18.2 Å². The lowest BCUT2D eigenvalue weighted by molar-refractivity contribution is -0.125. The van der Waals surface area contributed by atoms with Gasteiger partial charge in [0, 0.05) is 11.4 Å². The first-order valence-corrected chi connectivity index (χ1v) is 6.22. The fourth-order valence-electron chi connectivity index (χ4n) is 2.47. The first kappa shape index (κ1) is 11.7. The number of hydrogen-bond acceptors (Lipinski definition) is 1. The van der Waals surface area contributed by atoms with Gasteiger partial charge in [-0.25, -0.2) is 0 Å². The van der Waals surface area contributed by atoms with Gasteiger partial charge in [0.2, 0.25) is 0 Å². The second-order valence-corrected chi connectivity index (χ2v) is 5.33. The Morgan fingerprint density at radius 1 is 1.31 bits per heavy atom. The number of hydrogen-bond donors (Lipinski definition) is 0. The van der Waals surface area contributed by atoms with Crippen molar-refractivity contribution < 1.29 is 4.79 Å². The zero-order valence-electron chi connectivity index (χ0n) is 9.85. The number of benzene rings is 1. The second kappa shape index (κ2) is 4.21. The van der Waals surface area contributed by atoms with Gasteiger partial charge in [0.25, 0.3) is 0 Å². The lowest BCUT2D eigenvalue weighted by atomic mass is 9.70. The zero-order valence-corrected chi connectivity index (χ0v) is 10.6. The Labute approximate surface area is 102 Å². The monoisotopic (exact) mass is 236 g/mol. The molecule has 16 heavy (non-hydrogen) atoms. The number of carbonyl (C=O) groups excluding carboxylic acids is 1. The van der Waals surface area contributed by atoms with E-state index in [9.17, 15) is 4.79 Å². The number of carbonyl (C=O) groups is 1. The van der Waals surface area contributed by atoms with E-state index in [1.165, 1.54) is 0 Å². The highest BCUT2D eigenvalue weighted by atomic mass is 35.5. The molecule has 1 aromatic carbocycles. The lowest BCUT2D eigenvalue weighted by Gasteiger charge is -2.32. The van der Waals surface area contributed by atoms with Crippen molar-refractivity contribution in [3.8, 4) is 0 Å². The predicted octanol–water partition coefficient (Wildman–Crippen LogP) is 4.05. The fourth-order valence-corrected chi connectivity index (χ4v) is 2.59. The Morgan fingerprint density at radius 3 is 2.69 bits per heavy atom. The first-order chi connectivity index (χ1) is 7.54. The highest BCUT2D eigenvalue weighted by molar-refractivity contribution is 6.31. The molecule has 1 aromatic rings. The smallest absolute Gasteiger partial charge is 0.143 e. The van der Waals surface area contributed by atoms with Gasteiger partial charge in [0.1, 0.15) is 5.78 Å². The topological polar surface area (TPSA) is 17.1 Å². The summed E-state index contributed by atoms with van der Waals surface area (Å²) < 4.78 is 0. The summed E-state index contributed by atoms with van der Waals surface area (Å²) in [4.78, 5) is 12.1. The molecule has 1 fully saturated rings. The van der Waals surface area contributed by atoms with Gasteiger partial charge in [-0.1, -0.05) is 30.2 Å². The summed E-state index contributed by atoms with van der Waals surface area (Å²) in [5.41, 5.74) is 1.89. The maximum atomic E-state index is 12.1. The van der Waals surface area contributed by atoms with Crippen molar-refractivity contribution in [1.82, 2.24) is 0 Å². The van der Waals surface area contributed by atoms with Crippen molar-refractivity contribution in [2.75, 3.05) is 0 Å². The zero-order chi connectivity index (χ0) is 11.8. The summed E-state index contributed by atoms with van der Waals surface area (Å²) in [7, 11) is 0. The van der Waals surface area contributed by atoms with Gasteiger partial charge >= 0.3 is 0 Å². The Balaban J connectivity index is 2.41. The molecule has 1 aliphatic carbocycles. The lowest BCUT2D eigenvalue weighted by Crippen LogP contribution is -2.35. The molecule has 1 nitrogen and oxygen atoms in total. The maximum absolute atomic E-state index is 12.1. The van der Waals surface area contributed by atoms with Crippen molar-refractivity contribution in [2.24, 2.45) is 0 Å². The van der Waals surface area contributed by atoms with Gasteiger partial charge < -0.3 is 0 Å². The normalized spacial score (nSPS) is 25.8. The molecule has 0 aliphatic heterocycles. The van der Waals surface area contributed by atoms with Crippen LogP contribution in [0.4, 0.5) is 0 Å². The molecule has 1 saturated carbocycles. The van der Waals surface area contributed by atoms with E-state index in [0.29, 0.717) is 5.78 Å². The van der Waals surface area contributed by atoms with Crippen LogP contribution < -0.4 is 0 Å². The minimum Gasteiger partial charge on any atom is -0.299 e. The van der Waals surface area contributed by atoms with Crippen LogP contribution in [-0.2, 0) is 10.2 Å². The summed E-state index contributed by atoms with van der Waals surface area (Å²) in [6.45, 7) is 4.06. The molecule has 0 amide bonds. The molecule has 0 radical (unpaired) electrons. The van der Waals surface area contributed by atoms with Crippen LogP contribution in [0.1, 0.15) is 43.7 Å². The molecule has 1 atom stereocenters. The number of Topliss-reactive ketones (excluding diaryl/α,β-unsaturated/α-hetero) is 1. The van der Waals surface area contributed by atoms with E-state index in [1.807, 2.05) is 19.1 Å². The third-order valence-corrected chi connectivity index (χ3v) is 4.17. The largest absolute Gasteiger partial charge is 0.299 e. The quantitative estimate of drug-likeness (QED) is 0.719. The van der Waals surface area contributed by atoms with Crippen LogP contribution in [0.3, 0.4) is 0 Å². The van der Waals surface area contributed by atoms with Crippen LogP contribution in [0.5, 0.6) is 0 Å². The van der Waals surface area contributed by atoms with E-state index in [4.69, 9.17) is 11.6 Å². The molecule has 0 heterocycles. The van der Waals surface area contributed by atoms with Gasteiger partial charge in [0.05, 0.1) is 5.41 Å². The van der Waals surface area contributed by atoms with Gasteiger partial charge in [-0.15, -0.1) is 0 Å². The number of aryl methyl sites for hydroxylation is 1. The van der Waals surface area contributed by atoms with E-state index in [-0.39, 0.29) is 5.41 Å². The summed E-state index contributed by atoms with van der Waals surface area (Å²) in [6, 6.07) is 5.96. The summed E-state index contributed by atoms with van der Waals surface area (Å²) in [6.07, 6.45) is 3.87. The van der Waals surface area contributed by atoms with Crippen molar-refractivity contribution in [2.45, 2.75) is 44.9 Å². The fraction of sp³-hybridized carbons (Fsp3) is 0.500. The third kappa shape index (κ3) is 1.89. The molecule has 0 aromatic heterocycles. The van der Waals surface area contributed by atoms with Gasteiger partial charge in [-0.05, 0) is 43.9 Å². The molecular formula is C14H17ClO. The highest BCUT2D eigenvalue weighted by Crippen LogP contribution is 2.37. The van der Waals surface area contributed by atoms with Crippen molar-refractivity contribution >= 4 is 17.4 Å². The number of ketones is 1. The Bertz CT molecular complexity index is 425. The van der Waals surface area contributed by atoms with E-state index in [1.54, 1.807) is 0 Å². The van der Waals surface area contributed by atoms with Gasteiger partial charge in [-0.2, -0.15) is 0 Å². The minimum absolute atomic E-state index is 0.284. The van der Waals surface area contributed by atoms with Crippen molar-refractivity contribution in [3.05, 3.63) is 34.3 Å².